The van der Waals surface area contributed by atoms with Gasteiger partial charge in [-0.1, -0.05) is 19.1 Å². The largest absolute Gasteiger partial charge is 0.388 e. The third kappa shape index (κ3) is 2.60. The van der Waals surface area contributed by atoms with Crippen LogP contribution in [0.2, 0.25) is 0 Å². The first-order valence-electron chi connectivity index (χ1n) is 5.95. The molecule has 0 aliphatic carbocycles. The fraction of sp³-hybridized carbons (Fsp3) is 0.333. The molecule has 1 aromatic carbocycles. The molecule has 0 aliphatic rings. The van der Waals surface area contributed by atoms with E-state index in [9.17, 15) is 15.2 Å². The number of aliphatic hydroxyl groups excluding tert-OH is 1. The van der Waals surface area contributed by atoms with Crippen LogP contribution in [0.1, 0.15) is 19.2 Å². The zero-order valence-corrected chi connectivity index (χ0v) is 10.5. The van der Waals surface area contributed by atoms with Gasteiger partial charge in [0.05, 0.1) is 4.92 Å². The van der Waals surface area contributed by atoms with Gasteiger partial charge in [0.25, 0.3) is 5.69 Å². The summed E-state index contributed by atoms with van der Waals surface area (Å²) in [5.41, 5.74) is 0.629. The van der Waals surface area contributed by atoms with Gasteiger partial charge in [-0.3, -0.25) is 10.1 Å². The molecule has 0 spiro atoms. The van der Waals surface area contributed by atoms with Crippen LogP contribution >= 0.6 is 0 Å². The molecule has 1 heterocycles. The molecular formula is C12H14N4O3. The van der Waals surface area contributed by atoms with Crippen molar-refractivity contribution in [2.24, 2.45) is 0 Å². The van der Waals surface area contributed by atoms with Crippen molar-refractivity contribution in [3.63, 3.8) is 0 Å². The maximum Gasteiger partial charge on any atom is 0.270 e. The fourth-order valence-electron chi connectivity index (χ4n) is 1.88. The number of nitrogens with zero attached hydrogens (tertiary/aromatic N) is 4. The van der Waals surface area contributed by atoms with Gasteiger partial charge in [0.1, 0.15) is 6.61 Å². The smallest absolute Gasteiger partial charge is 0.270 e. The summed E-state index contributed by atoms with van der Waals surface area (Å²) < 4.78 is 1.78. The molecule has 0 aliphatic heterocycles. The number of hydrogen-bond donors (Lipinski definition) is 1. The number of benzene rings is 1. The van der Waals surface area contributed by atoms with Crippen LogP contribution < -0.4 is 0 Å². The lowest BCUT2D eigenvalue weighted by Crippen LogP contribution is -2.05. The van der Waals surface area contributed by atoms with E-state index >= 15 is 0 Å². The summed E-state index contributed by atoms with van der Waals surface area (Å²) in [5, 5.41) is 27.9. The predicted octanol–water partition coefficient (Wildman–Crippen LogP) is 1.76. The number of hydrogen-bond acceptors (Lipinski definition) is 5. The first-order valence-corrected chi connectivity index (χ1v) is 5.95. The zero-order chi connectivity index (χ0) is 13.8. The van der Waals surface area contributed by atoms with Crippen molar-refractivity contribution in [2.45, 2.75) is 26.5 Å². The first kappa shape index (κ1) is 13.2. The van der Waals surface area contributed by atoms with E-state index in [0.717, 1.165) is 6.42 Å². The molecule has 0 amide bonds. The highest BCUT2D eigenvalue weighted by atomic mass is 16.6. The van der Waals surface area contributed by atoms with E-state index in [2.05, 4.69) is 10.2 Å². The third-order valence-corrected chi connectivity index (χ3v) is 2.73. The minimum absolute atomic E-state index is 0.00842. The fourth-order valence-corrected chi connectivity index (χ4v) is 1.88. The highest BCUT2D eigenvalue weighted by molar-refractivity contribution is 5.59. The molecule has 0 unspecified atom stereocenters. The minimum Gasteiger partial charge on any atom is -0.388 e. The van der Waals surface area contributed by atoms with Gasteiger partial charge in [0.15, 0.2) is 11.6 Å². The summed E-state index contributed by atoms with van der Waals surface area (Å²) in [7, 11) is 0. The van der Waals surface area contributed by atoms with Crippen molar-refractivity contribution in [1.82, 2.24) is 14.8 Å². The number of aromatic nitrogens is 3. The highest BCUT2D eigenvalue weighted by Gasteiger charge is 2.15. The molecule has 2 rings (SSSR count). The van der Waals surface area contributed by atoms with E-state index in [0.29, 0.717) is 23.8 Å². The second-order valence-corrected chi connectivity index (χ2v) is 4.06. The molecule has 0 fully saturated rings. The minimum atomic E-state index is -0.447. The molecule has 100 valence electrons. The summed E-state index contributed by atoms with van der Waals surface area (Å²) in [6, 6.07) is 6.23. The summed E-state index contributed by atoms with van der Waals surface area (Å²) in [6.07, 6.45) is 0.854. The van der Waals surface area contributed by atoms with E-state index in [1.165, 1.54) is 12.1 Å². The van der Waals surface area contributed by atoms with Crippen molar-refractivity contribution in [3.05, 3.63) is 40.2 Å². The highest BCUT2D eigenvalue weighted by Crippen LogP contribution is 2.23. The number of aliphatic hydroxyl groups is 1. The summed E-state index contributed by atoms with van der Waals surface area (Å²) in [4.78, 5) is 10.3. The zero-order valence-electron chi connectivity index (χ0n) is 10.5. The number of rotatable bonds is 5. The van der Waals surface area contributed by atoms with E-state index in [1.807, 2.05) is 6.92 Å². The van der Waals surface area contributed by atoms with E-state index in [1.54, 1.807) is 16.7 Å². The van der Waals surface area contributed by atoms with Crippen molar-refractivity contribution in [2.75, 3.05) is 0 Å². The SMILES string of the molecule is CCCn1c(CO)nnc1-c1cccc([N+](=O)[O-])c1. The maximum absolute atomic E-state index is 10.8. The van der Waals surface area contributed by atoms with Crippen LogP contribution in [0.5, 0.6) is 0 Å². The van der Waals surface area contributed by atoms with Gasteiger partial charge in [-0.15, -0.1) is 10.2 Å². The van der Waals surface area contributed by atoms with Crippen LogP contribution in [0, 0.1) is 10.1 Å². The Morgan fingerprint density at radius 3 is 2.84 bits per heavy atom. The average Bonchev–Trinajstić information content (AvgIpc) is 2.82. The predicted molar refractivity (Wildman–Crippen MR) is 68.3 cm³/mol. The molecule has 1 N–H and O–H groups in total. The van der Waals surface area contributed by atoms with Gasteiger partial charge in [-0.2, -0.15) is 0 Å². The third-order valence-electron chi connectivity index (χ3n) is 2.73. The van der Waals surface area contributed by atoms with E-state index in [4.69, 9.17) is 0 Å². The lowest BCUT2D eigenvalue weighted by atomic mass is 10.2. The second kappa shape index (κ2) is 5.57. The molecule has 1 aromatic heterocycles. The summed E-state index contributed by atoms with van der Waals surface area (Å²) >= 11 is 0. The molecule has 19 heavy (non-hydrogen) atoms. The Bertz CT molecular complexity index is 594. The maximum atomic E-state index is 10.8. The molecule has 0 saturated heterocycles. The molecule has 0 saturated carbocycles. The second-order valence-electron chi connectivity index (χ2n) is 4.06. The Balaban J connectivity index is 2.49. The molecule has 0 bridgehead atoms. The Kier molecular flexibility index (Phi) is 3.86. The molecule has 7 nitrogen and oxygen atoms in total. The van der Waals surface area contributed by atoms with Gasteiger partial charge >= 0.3 is 0 Å². The van der Waals surface area contributed by atoms with Crippen LogP contribution in [0.25, 0.3) is 11.4 Å². The van der Waals surface area contributed by atoms with Crippen LogP contribution in [0.15, 0.2) is 24.3 Å². The quantitative estimate of drug-likeness (QED) is 0.654. The van der Waals surface area contributed by atoms with Crippen molar-refractivity contribution in [1.29, 1.82) is 0 Å². The molecule has 2 aromatic rings. The van der Waals surface area contributed by atoms with Crippen LogP contribution in [0.4, 0.5) is 5.69 Å². The van der Waals surface area contributed by atoms with Crippen LogP contribution in [-0.4, -0.2) is 24.8 Å². The van der Waals surface area contributed by atoms with Crippen molar-refractivity contribution >= 4 is 5.69 Å². The lowest BCUT2D eigenvalue weighted by Gasteiger charge is -2.07. The Hall–Kier alpha value is -2.28. The number of non-ortho nitro benzene ring substituents is 1. The molecule has 7 heteroatoms. The lowest BCUT2D eigenvalue weighted by molar-refractivity contribution is -0.384. The van der Waals surface area contributed by atoms with Crippen molar-refractivity contribution < 1.29 is 10.0 Å². The molecule has 0 radical (unpaired) electrons. The Morgan fingerprint density at radius 1 is 1.42 bits per heavy atom. The van der Waals surface area contributed by atoms with Crippen LogP contribution in [-0.2, 0) is 13.2 Å². The van der Waals surface area contributed by atoms with Crippen molar-refractivity contribution in [3.8, 4) is 11.4 Å². The number of nitro benzene ring substituents is 1. The van der Waals surface area contributed by atoms with Gasteiger partial charge in [0.2, 0.25) is 0 Å². The van der Waals surface area contributed by atoms with Gasteiger partial charge in [-0.05, 0) is 6.42 Å². The summed E-state index contributed by atoms with van der Waals surface area (Å²) in [6.45, 7) is 2.45. The monoisotopic (exact) mass is 262 g/mol. The van der Waals surface area contributed by atoms with Gasteiger partial charge in [-0.25, -0.2) is 0 Å². The Labute approximate surface area is 109 Å². The van der Waals surface area contributed by atoms with Crippen LogP contribution in [0.3, 0.4) is 0 Å². The summed E-state index contributed by atoms with van der Waals surface area (Å²) in [5.74, 6) is 0.998. The van der Waals surface area contributed by atoms with Gasteiger partial charge in [0, 0.05) is 24.2 Å². The topological polar surface area (TPSA) is 94.1 Å². The standard InChI is InChI=1S/C12H14N4O3/c1-2-6-15-11(8-17)13-14-12(15)9-4-3-5-10(7-9)16(18)19/h3-5,7,17H,2,6,8H2,1H3. The van der Waals surface area contributed by atoms with Gasteiger partial charge < -0.3 is 9.67 Å². The average molecular weight is 262 g/mol. The normalized spacial score (nSPS) is 10.6. The molecule has 0 atom stereocenters. The first-order chi connectivity index (χ1) is 9.17. The molecular weight excluding hydrogens is 248 g/mol. The Morgan fingerprint density at radius 2 is 2.21 bits per heavy atom. The number of nitro groups is 1. The van der Waals surface area contributed by atoms with E-state index < -0.39 is 4.92 Å². The van der Waals surface area contributed by atoms with E-state index in [-0.39, 0.29) is 12.3 Å².